The van der Waals surface area contributed by atoms with Crippen LogP contribution in [0.2, 0.25) is 0 Å². The lowest BCUT2D eigenvalue weighted by molar-refractivity contribution is -0.136. The Bertz CT molecular complexity index is 875. The fourth-order valence-corrected chi connectivity index (χ4v) is 2.84. The van der Waals surface area contributed by atoms with Crippen molar-refractivity contribution >= 4 is 23.8 Å². The second-order valence-electron chi connectivity index (χ2n) is 6.01. The lowest BCUT2D eigenvalue weighted by Crippen LogP contribution is -2.13. The fraction of sp³-hybridized carbons (Fsp3) is 0.286. The van der Waals surface area contributed by atoms with Crippen molar-refractivity contribution in [2.75, 3.05) is 13.7 Å². The number of benzene rings is 1. The molecule has 0 aliphatic rings. The highest BCUT2D eigenvalue weighted by molar-refractivity contribution is 6.00. The van der Waals surface area contributed by atoms with Gasteiger partial charge < -0.3 is 14.0 Å². The molecule has 0 bridgehead atoms. The van der Waals surface area contributed by atoms with Crippen LogP contribution in [0.5, 0.6) is 0 Å². The van der Waals surface area contributed by atoms with Gasteiger partial charge in [-0.25, -0.2) is 9.59 Å². The highest BCUT2D eigenvalue weighted by atomic mass is 16.5. The fourth-order valence-electron chi connectivity index (χ4n) is 2.84. The maximum Gasteiger partial charge on any atom is 0.337 e. The SMILES string of the molecule is CCn1c(C)cc(C(=O)COC(=O)/C=C/c2ccc(C(=O)OC)cc2)c1C. The van der Waals surface area contributed by atoms with Crippen LogP contribution in [0.25, 0.3) is 6.08 Å². The summed E-state index contributed by atoms with van der Waals surface area (Å²) in [4.78, 5) is 35.5. The molecule has 0 aliphatic carbocycles. The van der Waals surface area contributed by atoms with E-state index in [0.29, 0.717) is 11.1 Å². The molecule has 0 aliphatic heterocycles. The highest BCUT2D eigenvalue weighted by Gasteiger charge is 2.16. The predicted molar refractivity (Wildman–Crippen MR) is 102 cm³/mol. The number of ketones is 1. The first-order chi connectivity index (χ1) is 12.9. The summed E-state index contributed by atoms with van der Waals surface area (Å²) in [5.41, 5.74) is 3.59. The zero-order valence-electron chi connectivity index (χ0n) is 15.9. The average Bonchev–Trinajstić information content (AvgIpc) is 2.97. The first-order valence-electron chi connectivity index (χ1n) is 8.60. The number of rotatable bonds is 7. The lowest BCUT2D eigenvalue weighted by Gasteiger charge is -2.05. The van der Waals surface area contributed by atoms with Gasteiger partial charge in [-0.1, -0.05) is 12.1 Å². The summed E-state index contributed by atoms with van der Waals surface area (Å²) in [5.74, 6) is -1.26. The van der Waals surface area contributed by atoms with Gasteiger partial charge in [0.1, 0.15) is 0 Å². The molecule has 0 amide bonds. The van der Waals surface area contributed by atoms with Crippen LogP contribution in [0.15, 0.2) is 36.4 Å². The largest absolute Gasteiger partial charge is 0.465 e. The molecule has 0 N–H and O–H groups in total. The number of methoxy groups -OCH3 is 1. The molecule has 1 heterocycles. The van der Waals surface area contributed by atoms with E-state index < -0.39 is 11.9 Å². The molecule has 142 valence electrons. The molecule has 6 nitrogen and oxygen atoms in total. The third-order valence-electron chi connectivity index (χ3n) is 4.28. The van der Waals surface area contributed by atoms with Gasteiger partial charge in [0.05, 0.1) is 12.7 Å². The van der Waals surface area contributed by atoms with Crippen molar-refractivity contribution < 1.29 is 23.9 Å². The number of carbonyl (C=O) groups excluding carboxylic acids is 3. The molecule has 1 aromatic heterocycles. The molecule has 0 atom stereocenters. The first kappa shape index (κ1) is 20.2. The molecule has 27 heavy (non-hydrogen) atoms. The maximum absolute atomic E-state index is 12.3. The zero-order valence-corrected chi connectivity index (χ0v) is 15.9. The number of nitrogens with zero attached hydrogens (tertiary/aromatic N) is 1. The van der Waals surface area contributed by atoms with E-state index in [0.717, 1.165) is 23.5 Å². The summed E-state index contributed by atoms with van der Waals surface area (Å²) in [7, 11) is 1.31. The van der Waals surface area contributed by atoms with Gasteiger partial charge >= 0.3 is 11.9 Å². The summed E-state index contributed by atoms with van der Waals surface area (Å²) in [6, 6.07) is 8.38. The smallest absolute Gasteiger partial charge is 0.337 e. The van der Waals surface area contributed by atoms with Gasteiger partial charge in [-0.3, -0.25) is 4.79 Å². The molecule has 0 spiro atoms. The van der Waals surface area contributed by atoms with Crippen LogP contribution in [0, 0.1) is 13.8 Å². The summed E-state index contributed by atoms with van der Waals surface area (Å²) in [5, 5.41) is 0. The van der Waals surface area contributed by atoms with Crippen molar-refractivity contribution in [1.29, 1.82) is 0 Å². The van der Waals surface area contributed by atoms with E-state index in [9.17, 15) is 14.4 Å². The Labute approximate surface area is 158 Å². The second kappa shape index (κ2) is 8.98. The van der Waals surface area contributed by atoms with Gasteiger partial charge in [0.25, 0.3) is 0 Å². The molecule has 0 saturated carbocycles. The van der Waals surface area contributed by atoms with Gasteiger partial charge in [0.15, 0.2) is 6.61 Å². The number of Topliss-reactive ketones (excluding diaryl/α,β-unsaturated/α-hetero) is 1. The highest BCUT2D eigenvalue weighted by Crippen LogP contribution is 2.15. The summed E-state index contributed by atoms with van der Waals surface area (Å²) >= 11 is 0. The van der Waals surface area contributed by atoms with E-state index in [-0.39, 0.29) is 12.4 Å². The zero-order chi connectivity index (χ0) is 20.0. The van der Waals surface area contributed by atoms with Crippen molar-refractivity contribution in [2.45, 2.75) is 27.3 Å². The van der Waals surface area contributed by atoms with Crippen molar-refractivity contribution in [1.82, 2.24) is 4.57 Å². The summed E-state index contributed by atoms with van der Waals surface area (Å²) in [6.07, 6.45) is 2.80. The van der Waals surface area contributed by atoms with Crippen molar-refractivity contribution in [2.24, 2.45) is 0 Å². The minimum Gasteiger partial charge on any atom is -0.465 e. The molecule has 6 heteroatoms. The molecule has 0 unspecified atom stereocenters. The number of carbonyl (C=O) groups is 3. The minimum atomic E-state index is -0.607. The number of ether oxygens (including phenoxy) is 2. The lowest BCUT2D eigenvalue weighted by atomic mass is 10.1. The Kier molecular flexibility index (Phi) is 6.71. The number of aromatic nitrogens is 1. The molecule has 1 aromatic carbocycles. The van der Waals surface area contributed by atoms with Gasteiger partial charge in [0, 0.05) is 29.6 Å². The standard InChI is InChI=1S/C21H23NO5/c1-5-22-14(2)12-18(15(22)3)19(23)13-27-20(24)11-8-16-6-9-17(10-7-16)21(25)26-4/h6-12H,5,13H2,1-4H3/b11-8+. The first-order valence-corrected chi connectivity index (χ1v) is 8.60. The molecular formula is C21H23NO5. The quantitative estimate of drug-likeness (QED) is 0.425. The third kappa shape index (κ3) is 4.94. The minimum absolute atomic E-state index is 0.230. The van der Waals surface area contributed by atoms with Crippen LogP contribution in [0.3, 0.4) is 0 Å². The Morgan fingerprint density at radius 1 is 1.11 bits per heavy atom. The number of hydrogen-bond donors (Lipinski definition) is 0. The normalized spacial score (nSPS) is 10.8. The molecule has 0 fully saturated rings. The average molecular weight is 369 g/mol. The van der Waals surface area contributed by atoms with Gasteiger partial charge in [-0.05, 0) is 50.6 Å². The van der Waals surface area contributed by atoms with Crippen LogP contribution < -0.4 is 0 Å². The Morgan fingerprint density at radius 2 is 1.78 bits per heavy atom. The topological polar surface area (TPSA) is 74.6 Å². The Morgan fingerprint density at radius 3 is 2.33 bits per heavy atom. The third-order valence-corrected chi connectivity index (χ3v) is 4.28. The van der Waals surface area contributed by atoms with Crippen LogP contribution in [-0.2, 0) is 20.8 Å². The Balaban J connectivity index is 1.93. The maximum atomic E-state index is 12.3. The molecule has 0 saturated heterocycles. The van der Waals surface area contributed by atoms with Crippen molar-refractivity contribution in [3.8, 4) is 0 Å². The van der Waals surface area contributed by atoms with Crippen LogP contribution >= 0.6 is 0 Å². The van der Waals surface area contributed by atoms with E-state index in [4.69, 9.17) is 4.74 Å². The second-order valence-corrected chi connectivity index (χ2v) is 6.01. The summed E-state index contributed by atoms with van der Waals surface area (Å²) in [6.45, 7) is 6.30. The molecule has 2 aromatic rings. The van der Waals surface area contributed by atoms with E-state index in [1.54, 1.807) is 30.3 Å². The van der Waals surface area contributed by atoms with E-state index in [1.165, 1.54) is 13.2 Å². The molecule has 2 rings (SSSR count). The van der Waals surface area contributed by atoms with E-state index >= 15 is 0 Å². The van der Waals surface area contributed by atoms with Crippen molar-refractivity contribution in [3.05, 3.63) is 64.5 Å². The van der Waals surface area contributed by atoms with Crippen molar-refractivity contribution in [3.63, 3.8) is 0 Å². The number of esters is 2. The van der Waals surface area contributed by atoms with Crippen LogP contribution in [-0.4, -0.2) is 36.0 Å². The number of aryl methyl sites for hydroxylation is 1. The monoisotopic (exact) mass is 369 g/mol. The van der Waals surface area contributed by atoms with E-state index in [2.05, 4.69) is 4.74 Å². The molecule has 0 radical (unpaired) electrons. The molecular weight excluding hydrogens is 346 g/mol. The van der Waals surface area contributed by atoms with Crippen LogP contribution in [0.4, 0.5) is 0 Å². The van der Waals surface area contributed by atoms with Gasteiger partial charge in [-0.2, -0.15) is 0 Å². The van der Waals surface area contributed by atoms with Gasteiger partial charge in [-0.15, -0.1) is 0 Å². The number of hydrogen-bond acceptors (Lipinski definition) is 5. The van der Waals surface area contributed by atoms with Gasteiger partial charge in [0.2, 0.25) is 5.78 Å². The predicted octanol–water partition coefficient (Wildman–Crippen LogP) is 3.35. The summed E-state index contributed by atoms with van der Waals surface area (Å²) < 4.78 is 11.7. The van der Waals surface area contributed by atoms with Crippen LogP contribution in [0.1, 0.15) is 44.6 Å². The van der Waals surface area contributed by atoms with E-state index in [1.807, 2.05) is 31.4 Å². The Hall–Kier alpha value is -3.15.